The maximum Gasteiger partial charge on any atom is 0.416 e. The molecule has 2 rings (SSSR count). The van der Waals surface area contributed by atoms with Crippen LogP contribution in [0.2, 0.25) is 0 Å². The molecule has 1 saturated carbocycles. The van der Waals surface area contributed by atoms with Crippen molar-refractivity contribution in [3.63, 3.8) is 0 Å². The second-order valence-corrected chi connectivity index (χ2v) is 5.32. The summed E-state index contributed by atoms with van der Waals surface area (Å²) < 4.78 is 39.3. The van der Waals surface area contributed by atoms with E-state index >= 15 is 0 Å². The molecule has 1 N–H and O–H groups in total. The van der Waals surface area contributed by atoms with Gasteiger partial charge in [0.15, 0.2) is 0 Å². The maximum atomic E-state index is 13.1. The Kier molecular flexibility index (Phi) is 4.19. The standard InChI is InChI=1S/C15H20F3N/c1-3-19-14(10(2)11-8-9-11)12-6-4-5-7-13(12)15(16,17)18/h4-7,10-11,14,19H,3,8-9H2,1-2H3. The van der Waals surface area contributed by atoms with Gasteiger partial charge in [0.05, 0.1) is 5.56 Å². The molecule has 0 radical (unpaired) electrons. The number of rotatable bonds is 5. The van der Waals surface area contributed by atoms with Gasteiger partial charge in [0.2, 0.25) is 0 Å². The second kappa shape index (κ2) is 5.53. The summed E-state index contributed by atoms with van der Waals surface area (Å²) in [5, 5.41) is 3.23. The Morgan fingerprint density at radius 3 is 2.42 bits per heavy atom. The van der Waals surface area contributed by atoms with Gasteiger partial charge in [-0.05, 0) is 42.9 Å². The van der Waals surface area contributed by atoms with E-state index in [-0.39, 0.29) is 12.0 Å². The van der Waals surface area contributed by atoms with Crippen molar-refractivity contribution >= 4 is 0 Å². The predicted molar refractivity (Wildman–Crippen MR) is 69.7 cm³/mol. The molecule has 1 aliphatic carbocycles. The zero-order chi connectivity index (χ0) is 14.0. The van der Waals surface area contributed by atoms with Gasteiger partial charge in [-0.2, -0.15) is 13.2 Å². The molecule has 1 nitrogen and oxygen atoms in total. The van der Waals surface area contributed by atoms with Crippen LogP contribution in [0.4, 0.5) is 13.2 Å². The Morgan fingerprint density at radius 1 is 1.26 bits per heavy atom. The van der Waals surface area contributed by atoms with Crippen molar-refractivity contribution in [2.75, 3.05) is 6.54 Å². The molecule has 1 aliphatic rings. The highest BCUT2D eigenvalue weighted by Crippen LogP contribution is 2.45. The van der Waals surface area contributed by atoms with Crippen LogP contribution in [0.5, 0.6) is 0 Å². The summed E-state index contributed by atoms with van der Waals surface area (Å²) in [5.74, 6) is 0.800. The Morgan fingerprint density at radius 2 is 1.89 bits per heavy atom. The van der Waals surface area contributed by atoms with E-state index in [0.29, 0.717) is 18.0 Å². The summed E-state index contributed by atoms with van der Waals surface area (Å²) in [6, 6.07) is 5.72. The molecule has 0 aliphatic heterocycles. The number of hydrogen-bond acceptors (Lipinski definition) is 1. The van der Waals surface area contributed by atoms with Crippen LogP contribution in [-0.2, 0) is 6.18 Å². The van der Waals surface area contributed by atoms with E-state index in [4.69, 9.17) is 0 Å². The summed E-state index contributed by atoms with van der Waals surface area (Å²) in [6.07, 6.45) is -2.01. The van der Waals surface area contributed by atoms with Gasteiger partial charge < -0.3 is 5.32 Å². The molecule has 4 heteroatoms. The summed E-state index contributed by atoms with van der Waals surface area (Å²) >= 11 is 0. The predicted octanol–water partition coefficient (Wildman–Crippen LogP) is 4.40. The molecule has 0 amide bonds. The van der Waals surface area contributed by atoms with Crippen LogP contribution in [0.15, 0.2) is 24.3 Å². The highest BCUT2D eigenvalue weighted by molar-refractivity contribution is 5.33. The van der Waals surface area contributed by atoms with Gasteiger partial charge in [-0.1, -0.05) is 32.0 Å². The first-order chi connectivity index (χ1) is 8.95. The minimum absolute atomic E-state index is 0.213. The molecule has 0 saturated heterocycles. The number of halogens is 3. The van der Waals surface area contributed by atoms with Crippen molar-refractivity contribution in [3.05, 3.63) is 35.4 Å². The van der Waals surface area contributed by atoms with Gasteiger partial charge in [-0.15, -0.1) is 0 Å². The molecule has 1 fully saturated rings. The molecule has 106 valence electrons. The third-order valence-corrected chi connectivity index (χ3v) is 3.92. The molecule has 0 spiro atoms. The molecule has 0 aromatic heterocycles. The third kappa shape index (κ3) is 3.30. The zero-order valence-corrected chi connectivity index (χ0v) is 11.3. The molecule has 2 unspecified atom stereocenters. The Bertz CT molecular complexity index is 424. The second-order valence-electron chi connectivity index (χ2n) is 5.32. The van der Waals surface area contributed by atoms with Crippen molar-refractivity contribution in [2.45, 2.75) is 38.9 Å². The Balaban J connectivity index is 2.35. The zero-order valence-electron chi connectivity index (χ0n) is 11.3. The molecular weight excluding hydrogens is 251 g/mol. The topological polar surface area (TPSA) is 12.0 Å². The smallest absolute Gasteiger partial charge is 0.310 e. The van der Waals surface area contributed by atoms with Gasteiger partial charge in [-0.25, -0.2) is 0 Å². The first-order valence-electron chi connectivity index (χ1n) is 6.84. The highest BCUT2D eigenvalue weighted by atomic mass is 19.4. The van der Waals surface area contributed by atoms with E-state index in [2.05, 4.69) is 12.2 Å². The Hall–Kier alpha value is -1.03. The minimum Gasteiger partial charge on any atom is -0.310 e. The monoisotopic (exact) mass is 271 g/mol. The van der Waals surface area contributed by atoms with Crippen molar-refractivity contribution in [3.8, 4) is 0 Å². The molecule has 2 atom stereocenters. The largest absolute Gasteiger partial charge is 0.416 e. The summed E-state index contributed by atoms with van der Waals surface area (Å²) in [4.78, 5) is 0. The minimum atomic E-state index is -4.28. The van der Waals surface area contributed by atoms with Crippen LogP contribution < -0.4 is 5.32 Å². The van der Waals surface area contributed by atoms with Crippen LogP contribution in [0.3, 0.4) is 0 Å². The van der Waals surface area contributed by atoms with Gasteiger partial charge in [-0.3, -0.25) is 0 Å². The molecule has 19 heavy (non-hydrogen) atoms. The fourth-order valence-electron chi connectivity index (χ4n) is 2.72. The SMILES string of the molecule is CCNC(c1ccccc1C(F)(F)F)C(C)C1CC1. The first kappa shape index (κ1) is 14.4. The number of alkyl halides is 3. The van der Waals surface area contributed by atoms with E-state index in [1.165, 1.54) is 12.1 Å². The molecule has 1 aromatic rings. The van der Waals surface area contributed by atoms with Crippen LogP contribution in [-0.4, -0.2) is 6.54 Å². The van der Waals surface area contributed by atoms with Gasteiger partial charge in [0, 0.05) is 6.04 Å². The van der Waals surface area contributed by atoms with Gasteiger partial charge >= 0.3 is 6.18 Å². The van der Waals surface area contributed by atoms with E-state index < -0.39 is 11.7 Å². The lowest BCUT2D eigenvalue weighted by atomic mass is 9.87. The molecular formula is C15H20F3N. The Labute approximate surface area is 112 Å². The van der Waals surface area contributed by atoms with E-state index in [9.17, 15) is 13.2 Å². The van der Waals surface area contributed by atoms with E-state index in [0.717, 1.165) is 12.8 Å². The highest BCUT2D eigenvalue weighted by Gasteiger charge is 2.39. The van der Waals surface area contributed by atoms with Crippen molar-refractivity contribution in [1.29, 1.82) is 0 Å². The van der Waals surface area contributed by atoms with Crippen LogP contribution in [0, 0.1) is 11.8 Å². The van der Waals surface area contributed by atoms with E-state index in [1.54, 1.807) is 12.1 Å². The lowest BCUT2D eigenvalue weighted by Gasteiger charge is -2.28. The van der Waals surface area contributed by atoms with Crippen LogP contribution >= 0.6 is 0 Å². The molecule has 0 heterocycles. The first-order valence-corrected chi connectivity index (χ1v) is 6.84. The average Bonchev–Trinajstić information content (AvgIpc) is 3.18. The fraction of sp³-hybridized carbons (Fsp3) is 0.600. The van der Waals surface area contributed by atoms with Crippen molar-refractivity contribution in [2.24, 2.45) is 11.8 Å². The molecule has 1 aromatic carbocycles. The number of nitrogens with one attached hydrogen (secondary N) is 1. The van der Waals surface area contributed by atoms with Crippen LogP contribution in [0.25, 0.3) is 0 Å². The number of benzene rings is 1. The van der Waals surface area contributed by atoms with Crippen molar-refractivity contribution < 1.29 is 13.2 Å². The van der Waals surface area contributed by atoms with Crippen LogP contribution in [0.1, 0.15) is 43.9 Å². The average molecular weight is 271 g/mol. The summed E-state index contributed by atoms with van der Waals surface area (Å²) in [7, 11) is 0. The van der Waals surface area contributed by atoms with Crippen molar-refractivity contribution in [1.82, 2.24) is 5.32 Å². The molecule has 0 bridgehead atoms. The fourth-order valence-corrected chi connectivity index (χ4v) is 2.72. The third-order valence-electron chi connectivity index (χ3n) is 3.92. The summed E-state index contributed by atoms with van der Waals surface area (Å²) in [6.45, 7) is 4.66. The van der Waals surface area contributed by atoms with Gasteiger partial charge in [0.25, 0.3) is 0 Å². The van der Waals surface area contributed by atoms with E-state index in [1.807, 2.05) is 6.92 Å². The lowest BCUT2D eigenvalue weighted by molar-refractivity contribution is -0.138. The van der Waals surface area contributed by atoms with Gasteiger partial charge in [0.1, 0.15) is 0 Å². The summed E-state index contributed by atoms with van der Waals surface area (Å²) in [5.41, 5.74) is -0.121. The quantitative estimate of drug-likeness (QED) is 0.836. The lowest BCUT2D eigenvalue weighted by Crippen LogP contribution is -2.30. The maximum absolute atomic E-state index is 13.1. The normalized spacial score (nSPS) is 19.2. The number of hydrogen-bond donors (Lipinski definition) is 1.